The van der Waals surface area contributed by atoms with Gasteiger partial charge in [0, 0.05) is 13.5 Å². The largest absolute Gasteiger partial charge is 0.496 e. The van der Waals surface area contributed by atoms with Crippen molar-refractivity contribution >= 4 is 44.4 Å². The second-order valence-corrected chi connectivity index (χ2v) is 9.41. The van der Waals surface area contributed by atoms with Gasteiger partial charge in [-0.15, -0.1) is 10.2 Å². The maximum atomic E-state index is 12.4. The van der Waals surface area contributed by atoms with Crippen LogP contribution in [0.1, 0.15) is 23.4 Å². The van der Waals surface area contributed by atoms with Gasteiger partial charge < -0.3 is 14.6 Å². The first-order valence-electron chi connectivity index (χ1n) is 10.3. The lowest BCUT2D eigenvalue weighted by atomic mass is 10.0. The molecule has 166 valence electrons. The molecule has 0 unspecified atom stereocenters. The topological polar surface area (TPSA) is 81.9 Å². The van der Waals surface area contributed by atoms with Crippen LogP contribution in [-0.4, -0.2) is 38.5 Å². The van der Waals surface area contributed by atoms with Gasteiger partial charge in [-0.3, -0.25) is 4.79 Å². The van der Waals surface area contributed by atoms with Crippen molar-refractivity contribution in [3.8, 4) is 5.75 Å². The highest BCUT2D eigenvalue weighted by Gasteiger charge is 2.13. The molecule has 1 amide bonds. The van der Waals surface area contributed by atoms with E-state index in [1.807, 2.05) is 41.9 Å². The number of para-hydroxylation sites is 1. The van der Waals surface area contributed by atoms with Crippen molar-refractivity contribution in [1.82, 2.24) is 19.7 Å². The predicted octanol–water partition coefficient (Wildman–Crippen LogP) is 4.65. The zero-order chi connectivity index (χ0) is 22.5. The first kappa shape index (κ1) is 22.3. The maximum absolute atomic E-state index is 12.4. The van der Waals surface area contributed by atoms with Crippen LogP contribution >= 0.6 is 23.1 Å². The number of aryl methyl sites for hydroxylation is 3. The molecule has 1 N–H and O–H groups in total. The third kappa shape index (κ3) is 5.28. The van der Waals surface area contributed by atoms with Crippen molar-refractivity contribution in [1.29, 1.82) is 0 Å². The summed E-state index contributed by atoms with van der Waals surface area (Å²) in [5, 5.41) is 12.8. The Labute approximate surface area is 195 Å². The van der Waals surface area contributed by atoms with Crippen LogP contribution in [0.4, 0.5) is 5.13 Å². The van der Waals surface area contributed by atoms with Crippen molar-refractivity contribution in [3.05, 3.63) is 59.4 Å². The van der Waals surface area contributed by atoms with Crippen molar-refractivity contribution in [2.75, 3.05) is 18.2 Å². The van der Waals surface area contributed by atoms with E-state index in [9.17, 15) is 4.79 Å². The molecule has 0 aliphatic rings. The molecule has 2 aromatic heterocycles. The number of hydrogen-bond acceptors (Lipinski definition) is 7. The van der Waals surface area contributed by atoms with Crippen LogP contribution in [0.2, 0.25) is 0 Å². The molecular weight excluding hydrogens is 442 g/mol. The number of aromatic nitrogens is 4. The average molecular weight is 468 g/mol. The lowest BCUT2D eigenvalue weighted by Gasteiger charge is -2.07. The highest BCUT2D eigenvalue weighted by Crippen LogP contribution is 2.26. The van der Waals surface area contributed by atoms with Gasteiger partial charge in [0.25, 0.3) is 0 Å². The minimum absolute atomic E-state index is 0.103. The second-order valence-electron chi connectivity index (χ2n) is 7.44. The number of fused-ring (bicyclic) bond motifs is 1. The Morgan fingerprint density at radius 2 is 2.03 bits per heavy atom. The van der Waals surface area contributed by atoms with Crippen LogP contribution < -0.4 is 10.1 Å². The molecule has 2 aromatic carbocycles. The van der Waals surface area contributed by atoms with E-state index >= 15 is 0 Å². The zero-order valence-electron chi connectivity index (χ0n) is 18.3. The minimum atomic E-state index is -0.103. The van der Waals surface area contributed by atoms with Gasteiger partial charge in [0.15, 0.2) is 10.3 Å². The van der Waals surface area contributed by atoms with Crippen molar-refractivity contribution in [2.45, 2.75) is 31.3 Å². The van der Waals surface area contributed by atoms with Gasteiger partial charge in [-0.25, -0.2) is 4.98 Å². The Balaban J connectivity index is 1.27. The number of ether oxygens (including phenoxy) is 1. The highest BCUT2D eigenvalue weighted by atomic mass is 32.2. The fourth-order valence-electron chi connectivity index (χ4n) is 3.45. The smallest absolute Gasteiger partial charge is 0.236 e. The van der Waals surface area contributed by atoms with E-state index in [-0.39, 0.29) is 11.7 Å². The molecule has 0 aliphatic heterocycles. The summed E-state index contributed by atoms with van der Waals surface area (Å²) in [5.74, 6) is 1.99. The molecule has 0 saturated carbocycles. The number of benzene rings is 2. The summed E-state index contributed by atoms with van der Waals surface area (Å²) >= 11 is 2.85. The van der Waals surface area contributed by atoms with E-state index in [4.69, 9.17) is 4.74 Å². The molecular formula is C23H25N5O2S2. The first-order chi connectivity index (χ1) is 15.5. The number of nitrogens with zero attached hydrogens (tertiary/aromatic N) is 4. The molecule has 0 spiro atoms. The second kappa shape index (κ2) is 10.1. The third-order valence-electron chi connectivity index (χ3n) is 5.12. The summed E-state index contributed by atoms with van der Waals surface area (Å²) in [6.45, 7) is 2.06. The standard InChI is InChI=1S/C23H25N5O2S2/c1-15-13-16(11-12-18(15)30-3)7-6-10-20-26-27-23(28(20)2)31-14-21(29)25-22-24-17-8-4-5-9-19(17)32-22/h4-5,8-9,11-13H,6-7,10,14H2,1-3H3,(H,24,25,29). The molecule has 0 atom stereocenters. The molecule has 9 heteroatoms. The number of hydrogen-bond donors (Lipinski definition) is 1. The van der Waals surface area contributed by atoms with Gasteiger partial charge in [0.05, 0.1) is 23.1 Å². The summed E-state index contributed by atoms with van der Waals surface area (Å²) in [4.78, 5) is 16.8. The SMILES string of the molecule is COc1ccc(CCCc2nnc(SCC(=O)Nc3nc4ccccc4s3)n2C)cc1C. The predicted molar refractivity (Wildman–Crippen MR) is 130 cm³/mol. The molecule has 0 radical (unpaired) electrons. The summed E-state index contributed by atoms with van der Waals surface area (Å²) in [7, 11) is 3.64. The molecule has 4 rings (SSSR count). The number of methoxy groups -OCH3 is 1. The summed E-state index contributed by atoms with van der Waals surface area (Å²) < 4.78 is 8.34. The number of thiazole rings is 1. The number of nitrogens with one attached hydrogen (secondary N) is 1. The van der Waals surface area contributed by atoms with Crippen molar-refractivity contribution < 1.29 is 9.53 Å². The van der Waals surface area contributed by atoms with E-state index in [1.54, 1.807) is 7.11 Å². The average Bonchev–Trinajstić information content (AvgIpc) is 3.35. The molecule has 0 fully saturated rings. The van der Waals surface area contributed by atoms with Gasteiger partial charge in [-0.1, -0.05) is 47.4 Å². The lowest BCUT2D eigenvalue weighted by Crippen LogP contribution is -2.14. The first-order valence-corrected chi connectivity index (χ1v) is 12.1. The highest BCUT2D eigenvalue weighted by molar-refractivity contribution is 7.99. The minimum Gasteiger partial charge on any atom is -0.496 e. The van der Waals surface area contributed by atoms with Crippen molar-refractivity contribution in [2.24, 2.45) is 7.05 Å². The molecule has 2 heterocycles. The van der Waals surface area contributed by atoms with E-state index in [0.717, 1.165) is 51.8 Å². The van der Waals surface area contributed by atoms with Crippen LogP contribution in [0.5, 0.6) is 5.75 Å². The monoisotopic (exact) mass is 467 g/mol. The van der Waals surface area contributed by atoms with Gasteiger partial charge >= 0.3 is 0 Å². The van der Waals surface area contributed by atoms with Gasteiger partial charge in [-0.05, 0) is 49.1 Å². The molecule has 0 aliphatic carbocycles. The Bertz CT molecular complexity index is 1200. The van der Waals surface area contributed by atoms with Gasteiger partial charge in [0.1, 0.15) is 11.6 Å². The van der Waals surface area contributed by atoms with E-state index in [2.05, 4.69) is 39.6 Å². The maximum Gasteiger partial charge on any atom is 0.236 e. The van der Waals surface area contributed by atoms with E-state index in [0.29, 0.717) is 5.13 Å². The third-order valence-corrected chi connectivity index (χ3v) is 7.09. The number of amides is 1. The molecule has 4 aromatic rings. The van der Waals surface area contributed by atoms with Gasteiger partial charge in [0.2, 0.25) is 5.91 Å². The molecule has 7 nitrogen and oxygen atoms in total. The Morgan fingerprint density at radius 1 is 1.19 bits per heavy atom. The number of anilines is 1. The van der Waals surface area contributed by atoms with Crippen LogP contribution in [-0.2, 0) is 24.7 Å². The molecule has 0 bridgehead atoms. The van der Waals surface area contributed by atoms with E-state index in [1.165, 1.54) is 28.7 Å². The molecule has 0 saturated heterocycles. The van der Waals surface area contributed by atoms with Crippen molar-refractivity contribution in [3.63, 3.8) is 0 Å². The number of carbonyl (C=O) groups excluding carboxylic acids is 1. The quantitative estimate of drug-likeness (QED) is 0.361. The Morgan fingerprint density at radius 3 is 2.81 bits per heavy atom. The lowest BCUT2D eigenvalue weighted by molar-refractivity contribution is -0.113. The fraction of sp³-hybridized carbons (Fsp3) is 0.304. The zero-order valence-corrected chi connectivity index (χ0v) is 19.9. The Kier molecular flexibility index (Phi) is 7.06. The van der Waals surface area contributed by atoms with Crippen LogP contribution in [0, 0.1) is 6.92 Å². The number of carbonyl (C=O) groups is 1. The normalized spacial score (nSPS) is 11.1. The van der Waals surface area contributed by atoms with Gasteiger partial charge in [-0.2, -0.15) is 0 Å². The van der Waals surface area contributed by atoms with E-state index < -0.39 is 0 Å². The Hall–Kier alpha value is -2.91. The molecule has 32 heavy (non-hydrogen) atoms. The van der Waals surface area contributed by atoms with Crippen LogP contribution in [0.15, 0.2) is 47.6 Å². The fourth-order valence-corrected chi connectivity index (χ4v) is 5.06. The summed E-state index contributed by atoms with van der Waals surface area (Å²) in [6.07, 6.45) is 2.76. The summed E-state index contributed by atoms with van der Waals surface area (Å²) in [6, 6.07) is 14.1. The summed E-state index contributed by atoms with van der Waals surface area (Å²) in [5.41, 5.74) is 3.32. The number of rotatable bonds is 9. The van der Waals surface area contributed by atoms with Crippen LogP contribution in [0.25, 0.3) is 10.2 Å². The number of thioether (sulfide) groups is 1. The van der Waals surface area contributed by atoms with Crippen LogP contribution in [0.3, 0.4) is 0 Å².